The van der Waals surface area contributed by atoms with Crippen LogP contribution in [-0.2, 0) is 4.74 Å². The molecule has 7 aromatic carbocycles. The quantitative estimate of drug-likeness (QED) is 0.0246. The molecule has 1 unspecified atom stereocenters. The number of anilines is 1. The van der Waals surface area contributed by atoms with Crippen LogP contribution in [0.5, 0.6) is 0 Å². The third-order valence-corrected chi connectivity index (χ3v) is 23.1. The van der Waals surface area contributed by atoms with Crippen molar-refractivity contribution in [3.63, 3.8) is 0 Å². The molecular weight excluding hydrogens is 1940 g/mol. The normalized spacial score (nSPS) is 11.7. The maximum atomic E-state index is 10.5. The van der Waals surface area contributed by atoms with Crippen LogP contribution in [0.3, 0.4) is 0 Å². The van der Waals surface area contributed by atoms with Crippen LogP contribution < -0.4 is 35.3 Å². The van der Waals surface area contributed by atoms with Gasteiger partial charge in [-0.25, -0.2) is 4.68 Å². The second-order valence-corrected chi connectivity index (χ2v) is 28.4. The predicted molar refractivity (Wildman–Crippen MR) is 419 cm³/mol. The van der Waals surface area contributed by atoms with Crippen LogP contribution in [0.25, 0.3) is 21.8 Å². The van der Waals surface area contributed by atoms with Gasteiger partial charge in [0.05, 0.1) is 104 Å². The van der Waals surface area contributed by atoms with Gasteiger partial charge in [0.1, 0.15) is 0 Å². The van der Waals surface area contributed by atoms with Crippen LogP contribution in [-0.4, -0.2) is 56.3 Å². The third-order valence-electron chi connectivity index (χ3n) is 11.9. The maximum absolute atomic E-state index is 10.5. The number of thiol groups is 1. The van der Waals surface area contributed by atoms with E-state index in [2.05, 4.69) is 120 Å². The molecule has 2 aromatic heterocycles. The molecule has 0 saturated carbocycles. The Morgan fingerprint density at radius 1 is 0.622 bits per heavy atom. The number of nitrogens with two attached hydrogens (primary N) is 1. The van der Waals surface area contributed by atoms with E-state index in [4.69, 9.17) is 188 Å². The van der Waals surface area contributed by atoms with Crippen molar-refractivity contribution in [2.45, 2.75) is 67.0 Å². The molecule has 0 amide bonds. The number of hydrogen-bond acceptors (Lipinski definition) is 14. The van der Waals surface area contributed by atoms with Crippen molar-refractivity contribution in [3.05, 3.63) is 229 Å². The zero-order valence-corrected chi connectivity index (χ0v) is 72.2. The number of nitrogen functional groups attached to an aromatic ring is 1. The number of nitro benzene ring substituents is 2. The molecule has 9 aromatic rings. The Morgan fingerprint density at radius 2 is 1.03 bits per heavy atom. The number of rotatable bonds is 3. The van der Waals surface area contributed by atoms with E-state index in [1.54, 1.807) is 44.4 Å². The number of halogens is 22. The fourth-order valence-corrected chi connectivity index (χ4v) is 12.7. The number of aromatic nitrogens is 4. The first kappa shape index (κ1) is 96.9. The van der Waals surface area contributed by atoms with Crippen LogP contribution >= 0.6 is 255 Å². The number of H-pyrrole nitrogens is 1. The number of fused-ring (bicyclic) bond motifs is 2. The molecule has 1 saturated heterocycles. The van der Waals surface area contributed by atoms with Gasteiger partial charge in [0.25, 0.3) is 11.4 Å². The topological polar surface area (TPSA) is 253 Å². The average molecular weight is 1990 g/mol. The molecule has 17 nitrogen and oxygen atoms in total. The Bertz CT molecular complexity index is 4120. The molecular formula is C55H44B2Br5Cl14F3N9NaO8S-. The minimum Gasteiger partial charge on any atom is 1.00 e. The van der Waals surface area contributed by atoms with Gasteiger partial charge >= 0.3 is 61.5 Å². The number of aryl methyl sites for hydroxylation is 3. The summed E-state index contributed by atoms with van der Waals surface area (Å²) >= 11 is 101. The predicted octanol–water partition coefficient (Wildman–Crippen LogP) is 24.7. The largest absolute Gasteiger partial charge is 1.00 e. The van der Waals surface area contributed by atoms with Crippen LogP contribution in [0.4, 0.5) is 30.0 Å². The first-order valence-corrected chi connectivity index (χ1v) is 35.4. The van der Waals surface area contributed by atoms with Crippen LogP contribution in [0, 0.1) is 71.9 Å². The molecule has 525 valence electrons. The fraction of sp³-hybridized carbons (Fsp3) is 0.200. The van der Waals surface area contributed by atoms with Crippen molar-refractivity contribution >= 4 is 309 Å². The monoisotopic (exact) mass is 1980 g/mol. The number of hydrogen-bond donors (Lipinski definition) is 4. The Hall–Kier alpha value is -1.07. The Kier molecular flexibility index (Phi) is 47.0. The summed E-state index contributed by atoms with van der Waals surface area (Å²) in [7, 11) is -1.16. The zero-order valence-electron chi connectivity index (χ0n) is 50.8. The van der Waals surface area contributed by atoms with Crippen LogP contribution in [0.1, 0.15) is 58.9 Å². The van der Waals surface area contributed by atoms with Crippen molar-refractivity contribution in [2.75, 3.05) is 12.3 Å². The second-order valence-electron chi connectivity index (χ2n) is 18.6. The number of nitrogens with zero attached hydrogens (tertiary/aromatic N) is 7. The second kappa shape index (κ2) is 47.5. The number of ether oxygens (including phenoxy) is 1. The van der Waals surface area contributed by atoms with E-state index < -0.39 is 17.0 Å². The minimum atomic E-state index is -5.50. The third kappa shape index (κ3) is 31.6. The number of nitrogens with one attached hydrogen (secondary N) is 1. The Balaban J connectivity index is 0.00000110. The molecule has 1 atom stereocenters. The van der Waals surface area contributed by atoms with E-state index in [0.29, 0.717) is 81.6 Å². The smallest absolute Gasteiger partial charge is 1.00 e. The van der Waals surface area contributed by atoms with Gasteiger partial charge in [0.15, 0.2) is 6.23 Å². The van der Waals surface area contributed by atoms with Gasteiger partial charge in [-0.1, -0.05) is 168 Å². The molecule has 3 heterocycles. The van der Waals surface area contributed by atoms with Crippen molar-refractivity contribution in [2.24, 2.45) is 9.64 Å². The van der Waals surface area contributed by atoms with Gasteiger partial charge in [-0.05, 0) is 205 Å². The Morgan fingerprint density at radius 3 is 1.51 bits per heavy atom. The summed E-state index contributed by atoms with van der Waals surface area (Å²) in [5.74, 6) is 0. The summed E-state index contributed by atoms with van der Waals surface area (Å²) < 4.78 is 43.9. The summed E-state index contributed by atoms with van der Waals surface area (Å²) in [5, 5.41) is 56.0. The molecule has 1 aliphatic heterocycles. The van der Waals surface area contributed by atoms with E-state index in [1.165, 1.54) is 18.2 Å². The molecule has 43 heteroatoms. The van der Waals surface area contributed by atoms with Gasteiger partial charge in [-0.2, -0.15) is 10.2 Å². The van der Waals surface area contributed by atoms with E-state index in [9.17, 15) is 33.2 Å². The molecule has 10 rings (SSSR count). The van der Waals surface area contributed by atoms with E-state index in [-0.39, 0.29) is 57.2 Å². The van der Waals surface area contributed by atoms with Gasteiger partial charge in [-0.3, -0.25) is 25.3 Å². The minimum absolute atomic E-state index is 0. The van der Waals surface area contributed by atoms with E-state index >= 15 is 0 Å². The number of aromatic amines is 1. The molecule has 0 aliphatic carbocycles. The summed E-state index contributed by atoms with van der Waals surface area (Å²) in [5.41, 5.74) is 13.3. The molecule has 0 bridgehead atoms. The summed E-state index contributed by atoms with van der Waals surface area (Å²) in [6.45, 7) is 11.9. The van der Waals surface area contributed by atoms with Gasteiger partial charge in [-0.15, -0.1) is 5.34 Å². The van der Waals surface area contributed by atoms with Crippen molar-refractivity contribution < 1.29 is 62.1 Å². The summed E-state index contributed by atoms with van der Waals surface area (Å²) in [4.78, 5) is 27.9. The van der Waals surface area contributed by atoms with Gasteiger partial charge in [0, 0.05) is 68.7 Å². The van der Waals surface area contributed by atoms with Gasteiger partial charge < -0.3 is 38.6 Å². The zero-order chi connectivity index (χ0) is 74.8. The maximum Gasteiger partial charge on any atom is 1.00 e. The number of benzene rings is 7. The summed E-state index contributed by atoms with van der Waals surface area (Å²) in [6, 6.07) is 16.6. The first-order chi connectivity index (χ1) is 44.9. The standard InChI is InChI=1S/C12H11BrCl2N2O.C8H7BrCl2.C7H3BrCl2N2.C7H4BrCl2NO2.C7H6BrCl2N.C7H5Cl2NO2.C7H6Cl2.BF3HO.BHNS.HNO2.Na/c13-11-7-6-16-17(10-3-1-2-4-18-10)9(7)5-8(14)12(11)15;1-4-3-6(10)8(11)7(9)5(4)2;8-6-3-2-11-12-5(3)1-4(9)7(6)10;1-3-5(11(12)13)2-4(9)7(10)6(3)8;1-3-5(11)2-4(9)7(10)6(3)8;1-4-2-5(8)6(9)3-7(4)10(11)12;1-5-2-3-6(8)7(9)4-5;2-1(3,4)5;1-2-3;2-1-3;/h5-6,10H,1-4H2;3H,1-2H3;1-2H,(H,11,12);2H,1H3;2H,11H2,1H3;2-3H,1H3;2-4H,1H3;5H;3H;(H,2,3);/q;;;;;;;-1;;;+1/p-1. The Labute approximate surface area is 700 Å². The van der Waals surface area contributed by atoms with Crippen molar-refractivity contribution in [1.82, 2.24) is 20.0 Å². The van der Waals surface area contributed by atoms with Crippen LogP contribution in [0.15, 0.2) is 105 Å². The molecule has 1 radical (unpaired) electrons. The van der Waals surface area contributed by atoms with E-state index in [0.717, 1.165) is 93.2 Å². The molecule has 98 heavy (non-hydrogen) atoms. The first-order valence-electron chi connectivity index (χ1n) is 25.8. The van der Waals surface area contributed by atoms with E-state index in [1.807, 2.05) is 56.6 Å². The molecule has 0 spiro atoms. The average Bonchev–Trinajstić information content (AvgIpc) is 1.61. The SMILES string of the molecule is Cc1c(N)cc(Cl)c(Cl)c1Br.Cc1c([N+](=O)[O-])cc(Cl)c(Cl)c1Br.Cc1cc(Cl)c(Cl)c(Br)c1C.Cc1cc(Cl)c(Cl)cc1[N+](=O)[O-].Cc1ccc(Cl)c(Cl)c1.Clc1cc2[nH]ncc2c(Br)c1Cl.Clc1cc2c(cnn2C2CCCCO2)c(Br)c1Cl.O=N[O-].O[B-](F)(F)F.[B]=NS.[Na+]. The molecule has 1 fully saturated rings. The fourth-order valence-electron chi connectivity index (χ4n) is 7.04. The number of nitro groups is 2. The van der Waals surface area contributed by atoms with Crippen molar-refractivity contribution in [1.29, 1.82) is 0 Å². The summed E-state index contributed by atoms with van der Waals surface area (Å²) in [6.07, 6.45) is 6.75. The van der Waals surface area contributed by atoms with Crippen LogP contribution in [0.2, 0.25) is 70.3 Å². The van der Waals surface area contributed by atoms with Crippen molar-refractivity contribution in [3.8, 4) is 0 Å². The van der Waals surface area contributed by atoms with Gasteiger partial charge in [0.2, 0.25) is 0 Å². The molecule has 4 N–H and O–H groups in total. The molecule has 1 aliphatic rings.